The van der Waals surface area contributed by atoms with Crippen molar-refractivity contribution in [2.24, 2.45) is 0 Å². The van der Waals surface area contributed by atoms with Gasteiger partial charge in [0, 0.05) is 18.9 Å². The molecule has 1 amide bonds. The Morgan fingerprint density at radius 3 is 3.05 bits per heavy atom. The standard InChI is InChI=1S/C12H15N5O2S2/c1-7-15-16-12(21-7)20-6-9(18)13-5-4-10-14-11(17-19-10)8-2-3-8/h8H,2-6H2,1H3,(H,13,18). The Bertz CT molecular complexity index is 623. The summed E-state index contributed by atoms with van der Waals surface area (Å²) in [5, 5.41) is 15.5. The quantitative estimate of drug-likeness (QED) is 0.772. The molecule has 0 spiro atoms. The second-order valence-electron chi connectivity index (χ2n) is 4.80. The highest BCUT2D eigenvalue weighted by Crippen LogP contribution is 2.38. The number of carbonyl (C=O) groups excluding carboxylic acids is 1. The molecule has 2 aromatic rings. The zero-order valence-electron chi connectivity index (χ0n) is 11.5. The van der Waals surface area contributed by atoms with Gasteiger partial charge in [-0.25, -0.2) is 0 Å². The van der Waals surface area contributed by atoms with Crippen LogP contribution in [-0.4, -0.2) is 38.5 Å². The molecular formula is C12H15N5O2S2. The van der Waals surface area contributed by atoms with Gasteiger partial charge in [0.2, 0.25) is 11.8 Å². The Kier molecular flexibility index (Phi) is 4.49. The summed E-state index contributed by atoms with van der Waals surface area (Å²) in [6.07, 6.45) is 2.87. The molecule has 0 saturated heterocycles. The summed E-state index contributed by atoms with van der Waals surface area (Å²) >= 11 is 2.88. The number of thioether (sulfide) groups is 1. The lowest BCUT2D eigenvalue weighted by atomic mass is 10.4. The molecule has 0 atom stereocenters. The summed E-state index contributed by atoms with van der Waals surface area (Å²) in [5.41, 5.74) is 0. The van der Waals surface area contributed by atoms with Gasteiger partial charge in [0.15, 0.2) is 10.2 Å². The van der Waals surface area contributed by atoms with Crippen molar-refractivity contribution in [2.75, 3.05) is 12.3 Å². The zero-order chi connectivity index (χ0) is 14.7. The average Bonchev–Trinajstić information content (AvgIpc) is 3.07. The average molecular weight is 325 g/mol. The van der Waals surface area contributed by atoms with Gasteiger partial charge in [-0.2, -0.15) is 4.98 Å². The molecule has 1 aliphatic rings. The number of rotatable bonds is 7. The van der Waals surface area contributed by atoms with Crippen LogP contribution in [0.1, 0.15) is 35.5 Å². The van der Waals surface area contributed by atoms with Gasteiger partial charge in [-0.3, -0.25) is 4.79 Å². The summed E-state index contributed by atoms with van der Waals surface area (Å²) in [6, 6.07) is 0. The highest BCUT2D eigenvalue weighted by Gasteiger charge is 2.28. The van der Waals surface area contributed by atoms with Crippen LogP contribution in [-0.2, 0) is 11.2 Å². The number of amides is 1. The van der Waals surface area contributed by atoms with Gasteiger partial charge in [0.05, 0.1) is 5.75 Å². The molecule has 0 bridgehead atoms. The number of nitrogens with one attached hydrogen (secondary N) is 1. The molecule has 0 unspecified atom stereocenters. The fourth-order valence-corrected chi connectivity index (χ4v) is 3.35. The Hall–Kier alpha value is -1.48. The van der Waals surface area contributed by atoms with Crippen LogP contribution in [0.25, 0.3) is 0 Å². The van der Waals surface area contributed by atoms with E-state index in [1.165, 1.54) is 23.1 Å². The Balaban J connectivity index is 1.35. The molecule has 7 nitrogen and oxygen atoms in total. The maximum atomic E-state index is 11.7. The van der Waals surface area contributed by atoms with Crippen LogP contribution in [0.15, 0.2) is 8.86 Å². The third-order valence-electron chi connectivity index (χ3n) is 2.92. The molecular weight excluding hydrogens is 310 g/mol. The van der Waals surface area contributed by atoms with Crippen LogP contribution >= 0.6 is 23.1 Å². The zero-order valence-corrected chi connectivity index (χ0v) is 13.2. The minimum Gasteiger partial charge on any atom is -0.355 e. The third-order valence-corrected chi connectivity index (χ3v) is 4.89. The molecule has 2 heterocycles. The van der Waals surface area contributed by atoms with Gasteiger partial charge in [0.1, 0.15) is 5.01 Å². The molecule has 0 radical (unpaired) electrons. The SMILES string of the molecule is Cc1nnc(SCC(=O)NCCc2nc(C3CC3)no2)s1. The van der Waals surface area contributed by atoms with E-state index in [0.29, 0.717) is 30.5 Å². The van der Waals surface area contributed by atoms with Crippen molar-refractivity contribution in [1.82, 2.24) is 25.7 Å². The lowest BCUT2D eigenvalue weighted by molar-refractivity contribution is -0.118. The molecule has 2 aromatic heterocycles. The van der Waals surface area contributed by atoms with E-state index >= 15 is 0 Å². The minimum absolute atomic E-state index is 0.0326. The van der Waals surface area contributed by atoms with Crippen LogP contribution in [0.5, 0.6) is 0 Å². The molecule has 1 N–H and O–H groups in total. The molecule has 1 saturated carbocycles. The van der Waals surface area contributed by atoms with Crippen LogP contribution < -0.4 is 5.32 Å². The van der Waals surface area contributed by atoms with Gasteiger partial charge in [-0.1, -0.05) is 28.3 Å². The molecule has 0 aliphatic heterocycles. The Morgan fingerprint density at radius 1 is 1.48 bits per heavy atom. The van der Waals surface area contributed by atoms with E-state index in [1.807, 2.05) is 6.92 Å². The second kappa shape index (κ2) is 6.52. The van der Waals surface area contributed by atoms with E-state index in [1.54, 1.807) is 0 Å². The first kappa shape index (κ1) is 14.5. The summed E-state index contributed by atoms with van der Waals surface area (Å²) < 4.78 is 5.96. The predicted octanol–water partition coefficient (Wildman–Crippen LogP) is 1.56. The van der Waals surface area contributed by atoms with Crippen LogP contribution in [0, 0.1) is 6.92 Å². The van der Waals surface area contributed by atoms with Crippen molar-refractivity contribution >= 4 is 29.0 Å². The van der Waals surface area contributed by atoms with Crippen molar-refractivity contribution < 1.29 is 9.32 Å². The van der Waals surface area contributed by atoms with E-state index in [4.69, 9.17) is 4.52 Å². The maximum Gasteiger partial charge on any atom is 0.230 e. The number of aromatic nitrogens is 4. The lowest BCUT2D eigenvalue weighted by Gasteiger charge is -2.01. The highest BCUT2D eigenvalue weighted by molar-refractivity contribution is 8.01. The summed E-state index contributed by atoms with van der Waals surface area (Å²) in [7, 11) is 0. The van der Waals surface area contributed by atoms with Crippen molar-refractivity contribution in [3.05, 3.63) is 16.7 Å². The van der Waals surface area contributed by atoms with Crippen molar-refractivity contribution in [3.63, 3.8) is 0 Å². The van der Waals surface area contributed by atoms with Crippen LogP contribution in [0.3, 0.4) is 0 Å². The molecule has 1 aliphatic carbocycles. The first-order valence-electron chi connectivity index (χ1n) is 6.73. The molecule has 9 heteroatoms. The minimum atomic E-state index is -0.0326. The normalized spacial score (nSPS) is 14.3. The lowest BCUT2D eigenvalue weighted by Crippen LogP contribution is -2.27. The molecule has 112 valence electrons. The van der Waals surface area contributed by atoms with Crippen LogP contribution in [0.2, 0.25) is 0 Å². The van der Waals surface area contributed by atoms with Crippen molar-refractivity contribution in [2.45, 2.75) is 36.4 Å². The molecule has 21 heavy (non-hydrogen) atoms. The number of nitrogens with zero attached hydrogens (tertiary/aromatic N) is 4. The van der Waals surface area contributed by atoms with E-state index < -0.39 is 0 Å². The second-order valence-corrected chi connectivity index (χ2v) is 7.20. The molecule has 1 fully saturated rings. The van der Waals surface area contributed by atoms with E-state index in [9.17, 15) is 4.79 Å². The number of hydrogen-bond acceptors (Lipinski definition) is 8. The van der Waals surface area contributed by atoms with Crippen LogP contribution in [0.4, 0.5) is 0 Å². The summed E-state index contributed by atoms with van der Waals surface area (Å²) in [4.78, 5) is 16.0. The van der Waals surface area contributed by atoms with Gasteiger partial charge in [-0.05, 0) is 19.8 Å². The monoisotopic (exact) mass is 325 g/mol. The molecule has 3 rings (SSSR count). The predicted molar refractivity (Wildman–Crippen MR) is 78.4 cm³/mol. The number of hydrogen-bond donors (Lipinski definition) is 1. The smallest absolute Gasteiger partial charge is 0.230 e. The first-order valence-corrected chi connectivity index (χ1v) is 8.53. The van der Waals surface area contributed by atoms with Crippen molar-refractivity contribution in [1.29, 1.82) is 0 Å². The fourth-order valence-electron chi connectivity index (χ4n) is 1.70. The van der Waals surface area contributed by atoms with Gasteiger partial charge < -0.3 is 9.84 Å². The summed E-state index contributed by atoms with van der Waals surface area (Å²) in [5.74, 6) is 2.19. The number of carbonyl (C=O) groups is 1. The summed E-state index contributed by atoms with van der Waals surface area (Å²) in [6.45, 7) is 2.39. The van der Waals surface area contributed by atoms with E-state index in [0.717, 1.165) is 28.0 Å². The molecule has 0 aromatic carbocycles. The topological polar surface area (TPSA) is 93.8 Å². The third kappa shape index (κ3) is 4.24. The van der Waals surface area contributed by atoms with E-state index in [-0.39, 0.29) is 5.91 Å². The largest absolute Gasteiger partial charge is 0.355 e. The van der Waals surface area contributed by atoms with Gasteiger partial charge in [0.25, 0.3) is 0 Å². The van der Waals surface area contributed by atoms with E-state index in [2.05, 4.69) is 25.7 Å². The van der Waals surface area contributed by atoms with Gasteiger partial charge >= 0.3 is 0 Å². The fraction of sp³-hybridized carbons (Fsp3) is 0.583. The van der Waals surface area contributed by atoms with Gasteiger partial charge in [-0.15, -0.1) is 10.2 Å². The number of aryl methyl sites for hydroxylation is 1. The maximum absolute atomic E-state index is 11.7. The Morgan fingerprint density at radius 2 is 2.33 bits per heavy atom. The first-order chi connectivity index (χ1) is 10.2. The van der Waals surface area contributed by atoms with Crippen molar-refractivity contribution in [3.8, 4) is 0 Å². The Labute approximate surface area is 129 Å². The highest BCUT2D eigenvalue weighted by atomic mass is 32.2.